The summed E-state index contributed by atoms with van der Waals surface area (Å²) in [4.78, 5) is 10.6. The van der Waals surface area contributed by atoms with Crippen molar-refractivity contribution in [1.29, 1.82) is 0 Å². The van der Waals surface area contributed by atoms with Crippen molar-refractivity contribution in [3.05, 3.63) is 265 Å². The molecule has 2 heterocycles. The Bertz CT molecular complexity index is 3740. The van der Waals surface area contributed by atoms with Gasteiger partial charge in [0, 0.05) is 33.0 Å². The zero-order valence-electron chi connectivity index (χ0n) is 35.9. The zero-order valence-corrected chi connectivity index (χ0v) is 35.9. The molecule has 13 rings (SSSR count). The maximum absolute atomic E-state index is 6.69. The van der Waals surface area contributed by atoms with Gasteiger partial charge in [-0.2, -0.15) is 0 Å². The maximum atomic E-state index is 6.69. The molecule has 0 saturated heterocycles. The Morgan fingerprint density at radius 3 is 1.64 bits per heavy atom. The average molecular weight is 841 g/mol. The van der Waals surface area contributed by atoms with E-state index in [1.807, 2.05) is 18.2 Å². The van der Waals surface area contributed by atoms with Gasteiger partial charge in [0.05, 0.1) is 16.8 Å². The van der Waals surface area contributed by atoms with Crippen LogP contribution in [0.4, 0.5) is 0 Å². The summed E-state index contributed by atoms with van der Waals surface area (Å²) in [7, 11) is 0. The first kappa shape index (κ1) is 37.9. The summed E-state index contributed by atoms with van der Waals surface area (Å²) >= 11 is 0. The quantitative estimate of drug-likeness (QED) is 0.160. The van der Waals surface area contributed by atoms with Crippen LogP contribution in [0.2, 0.25) is 0 Å². The fourth-order valence-corrected chi connectivity index (χ4v) is 10.5. The van der Waals surface area contributed by atoms with Gasteiger partial charge in [-0.3, -0.25) is 0 Å². The van der Waals surface area contributed by atoms with Crippen molar-refractivity contribution in [3.8, 4) is 67.3 Å². The average Bonchev–Trinajstić information content (AvgIpc) is 3.93. The van der Waals surface area contributed by atoms with Gasteiger partial charge in [-0.1, -0.05) is 212 Å². The lowest BCUT2D eigenvalue weighted by molar-refractivity contribution is 0.670. The number of rotatable bonds is 7. The predicted molar refractivity (Wildman–Crippen MR) is 271 cm³/mol. The molecule has 66 heavy (non-hydrogen) atoms. The third-order valence-corrected chi connectivity index (χ3v) is 13.6. The SMILES string of the molecule is c1ccc(-c2nc(-c3ccc(-c4cc(-c5ccccc5)c5oc6ccc7ccccc7c6c5c4)cc3)cc(-c3ccc4c(c3)C(c3ccccc3)(c3ccccc3)c3ccccc3-4)n2)cc1. The van der Waals surface area contributed by atoms with Crippen molar-refractivity contribution < 1.29 is 4.42 Å². The molecule has 0 atom stereocenters. The number of aromatic nitrogens is 2. The summed E-state index contributed by atoms with van der Waals surface area (Å²) in [5.74, 6) is 0.686. The largest absolute Gasteiger partial charge is 0.455 e. The molecule has 3 heteroatoms. The van der Waals surface area contributed by atoms with Crippen molar-refractivity contribution in [2.75, 3.05) is 0 Å². The van der Waals surface area contributed by atoms with Gasteiger partial charge in [0.25, 0.3) is 0 Å². The van der Waals surface area contributed by atoms with Crippen LogP contribution < -0.4 is 0 Å². The number of nitrogens with zero attached hydrogens (tertiary/aromatic N) is 2. The lowest BCUT2D eigenvalue weighted by Gasteiger charge is -2.34. The highest BCUT2D eigenvalue weighted by Gasteiger charge is 2.46. The molecule has 308 valence electrons. The Balaban J connectivity index is 0.966. The van der Waals surface area contributed by atoms with Crippen molar-refractivity contribution in [2.45, 2.75) is 5.41 Å². The third-order valence-electron chi connectivity index (χ3n) is 13.6. The minimum atomic E-state index is -0.516. The smallest absolute Gasteiger partial charge is 0.160 e. The Kier molecular flexibility index (Phi) is 8.75. The monoisotopic (exact) mass is 840 g/mol. The molecule has 12 aromatic rings. The van der Waals surface area contributed by atoms with E-state index in [2.05, 4.69) is 224 Å². The van der Waals surface area contributed by atoms with E-state index in [1.54, 1.807) is 0 Å². The van der Waals surface area contributed by atoms with Gasteiger partial charge in [-0.15, -0.1) is 0 Å². The highest BCUT2D eigenvalue weighted by atomic mass is 16.3. The first-order valence-corrected chi connectivity index (χ1v) is 22.6. The second-order valence-electron chi connectivity index (χ2n) is 17.2. The Labute approximate surface area is 383 Å². The molecule has 1 aliphatic rings. The van der Waals surface area contributed by atoms with Gasteiger partial charge < -0.3 is 4.42 Å². The van der Waals surface area contributed by atoms with Crippen LogP contribution in [0.25, 0.3) is 100.0 Å². The standard InChI is InChI=1S/C63H40N2O/c1-5-17-42(18-6-1)53-37-47(38-54-60-50-26-14-13-19-43(50)34-36-59(60)66-61(53)54)41-29-31-44(32-30-41)57-40-58(65-62(64-57)45-20-7-2-8-21-45)46-33-35-52-51-27-15-16-28-55(51)63(56(52)39-46,48-22-9-3-10-23-48)49-24-11-4-12-25-49/h1-40H. The van der Waals surface area contributed by atoms with Gasteiger partial charge in [-0.25, -0.2) is 9.97 Å². The lowest BCUT2D eigenvalue weighted by atomic mass is 9.67. The summed E-state index contributed by atoms with van der Waals surface area (Å²) in [6, 6.07) is 86.9. The maximum Gasteiger partial charge on any atom is 0.160 e. The molecule has 0 unspecified atom stereocenters. The molecule has 3 nitrogen and oxygen atoms in total. The van der Waals surface area contributed by atoms with Crippen LogP contribution in [0.3, 0.4) is 0 Å². The van der Waals surface area contributed by atoms with Gasteiger partial charge >= 0.3 is 0 Å². The molecule has 1 aliphatic carbocycles. The lowest BCUT2D eigenvalue weighted by Crippen LogP contribution is -2.28. The zero-order chi connectivity index (χ0) is 43.6. The van der Waals surface area contributed by atoms with Crippen molar-refractivity contribution in [2.24, 2.45) is 0 Å². The minimum absolute atomic E-state index is 0.516. The minimum Gasteiger partial charge on any atom is -0.455 e. The molecule has 0 N–H and O–H groups in total. The van der Waals surface area contributed by atoms with E-state index in [0.29, 0.717) is 5.82 Å². The molecular weight excluding hydrogens is 801 g/mol. The molecule has 0 aliphatic heterocycles. The van der Waals surface area contributed by atoms with Crippen molar-refractivity contribution >= 4 is 32.7 Å². The van der Waals surface area contributed by atoms with Crippen LogP contribution >= 0.6 is 0 Å². The summed E-state index contributed by atoms with van der Waals surface area (Å²) in [6.45, 7) is 0. The van der Waals surface area contributed by atoms with Crippen LogP contribution in [-0.2, 0) is 5.41 Å². The molecule has 0 bridgehead atoms. The van der Waals surface area contributed by atoms with Crippen LogP contribution in [0, 0.1) is 0 Å². The first-order chi connectivity index (χ1) is 32.7. The molecule has 10 aromatic carbocycles. The summed E-state index contributed by atoms with van der Waals surface area (Å²) < 4.78 is 6.69. The molecule has 0 fully saturated rings. The van der Waals surface area contributed by atoms with E-state index in [-0.39, 0.29) is 0 Å². The van der Waals surface area contributed by atoms with Gasteiger partial charge in [-0.05, 0) is 91.2 Å². The highest BCUT2D eigenvalue weighted by Crippen LogP contribution is 2.56. The fourth-order valence-electron chi connectivity index (χ4n) is 10.5. The van der Waals surface area contributed by atoms with Gasteiger partial charge in [0.15, 0.2) is 5.82 Å². The Morgan fingerprint density at radius 2 is 0.909 bits per heavy atom. The molecule has 0 spiro atoms. The molecule has 0 saturated carbocycles. The van der Waals surface area contributed by atoms with Crippen LogP contribution in [0.15, 0.2) is 247 Å². The first-order valence-electron chi connectivity index (χ1n) is 22.6. The van der Waals surface area contributed by atoms with Crippen LogP contribution in [0.5, 0.6) is 0 Å². The second kappa shape index (κ2) is 15.3. The molecule has 0 amide bonds. The normalized spacial score (nSPS) is 12.7. The van der Waals surface area contributed by atoms with Crippen LogP contribution in [0.1, 0.15) is 22.3 Å². The van der Waals surface area contributed by atoms with Crippen molar-refractivity contribution in [1.82, 2.24) is 9.97 Å². The Hall–Kier alpha value is -8.66. The predicted octanol–water partition coefficient (Wildman–Crippen LogP) is 16.2. The number of benzene rings is 10. The van der Waals surface area contributed by atoms with E-state index >= 15 is 0 Å². The molecule has 0 radical (unpaired) electrons. The van der Waals surface area contributed by atoms with E-state index in [0.717, 1.165) is 72.3 Å². The number of furan rings is 1. The number of hydrogen-bond donors (Lipinski definition) is 0. The van der Waals surface area contributed by atoms with E-state index < -0.39 is 5.41 Å². The molecule has 2 aromatic heterocycles. The van der Waals surface area contributed by atoms with E-state index in [4.69, 9.17) is 14.4 Å². The molecular formula is C63H40N2O. The summed E-state index contributed by atoms with van der Waals surface area (Å²) in [6.07, 6.45) is 0. The van der Waals surface area contributed by atoms with Gasteiger partial charge in [0.1, 0.15) is 11.2 Å². The second-order valence-corrected chi connectivity index (χ2v) is 17.2. The highest BCUT2D eigenvalue weighted by molar-refractivity contribution is 6.21. The summed E-state index contributed by atoms with van der Waals surface area (Å²) in [5, 5.41) is 4.63. The van der Waals surface area contributed by atoms with Gasteiger partial charge in [0.2, 0.25) is 0 Å². The van der Waals surface area contributed by atoms with E-state index in [9.17, 15) is 0 Å². The van der Waals surface area contributed by atoms with Crippen molar-refractivity contribution in [3.63, 3.8) is 0 Å². The Morgan fingerprint density at radius 1 is 0.333 bits per heavy atom. The van der Waals surface area contributed by atoms with Crippen LogP contribution in [-0.4, -0.2) is 9.97 Å². The number of hydrogen-bond acceptors (Lipinski definition) is 3. The third kappa shape index (κ3) is 5.98. The number of fused-ring (bicyclic) bond motifs is 8. The topological polar surface area (TPSA) is 38.9 Å². The summed E-state index contributed by atoms with van der Waals surface area (Å²) in [5.41, 5.74) is 17.9. The van der Waals surface area contributed by atoms with E-state index in [1.165, 1.54) is 44.2 Å². The fraction of sp³-hybridized carbons (Fsp3) is 0.0159.